The lowest BCUT2D eigenvalue weighted by molar-refractivity contribution is 0.375. The van der Waals surface area contributed by atoms with E-state index in [4.69, 9.17) is 9.47 Å². The van der Waals surface area contributed by atoms with Crippen LogP contribution < -0.4 is 15.0 Å². The number of hydrogen-bond donors (Lipinski definition) is 0. The van der Waals surface area contributed by atoms with Gasteiger partial charge in [0.25, 0.3) is 5.56 Å². The Hall–Kier alpha value is -2.61. The molecule has 130 valence electrons. The van der Waals surface area contributed by atoms with E-state index in [1.807, 2.05) is 6.26 Å². The molecule has 0 spiro atoms. The van der Waals surface area contributed by atoms with Crippen molar-refractivity contribution >= 4 is 22.8 Å². The van der Waals surface area contributed by atoms with E-state index in [0.717, 1.165) is 0 Å². The highest BCUT2D eigenvalue weighted by Crippen LogP contribution is 2.33. The number of ether oxygens (including phenoxy) is 2. The van der Waals surface area contributed by atoms with E-state index < -0.39 is 5.82 Å². The second kappa shape index (κ2) is 6.72. The van der Waals surface area contributed by atoms with Gasteiger partial charge in [-0.15, -0.1) is 0 Å². The van der Waals surface area contributed by atoms with Gasteiger partial charge in [-0.1, -0.05) is 11.8 Å². The first-order chi connectivity index (χ1) is 12.0. The second-order valence-corrected chi connectivity index (χ2v) is 6.02. The normalized spacial score (nSPS) is 10.9. The number of nitrogens with zero attached hydrogens (tertiary/aromatic N) is 3. The van der Waals surface area contributed by atoms with Gasteiger partial charge in [0.05, 0.1) is 19.8 Å². The Bertz CT molecular complexity index is 1020. The molecular weight excluding hydrogens is 345 g/mol. The molecule has 0 unspecified atom stereocenters. The fraction of sp³-hybridized carbons (Fsp3) is 0.235. The molecule has 0 aliphatic heterocycles. The molecule has 2 aromatic heterocycles. The molecule has 0 bridgehead atoms. The lowest BCUT2D eigenvalue weighted by atomic mass is 10.0. The SMILES string of the molecule is COc1cc(OC)c(F)c(-c2cc3cnc(SC)nc3n(C)c2=O)c1. The number of hydrogen-bond acceptors (Lipinski definition) is 6. The molecule has 0 aliphatic carbocycles. The molecule has 0 aliphatic rings. The number of halogens is 1. The largest absolute Gasteiger partial charge is 0.497 e. The Morgan fingerprint density at radius 2 is 1.92 bits per heavy atom. The zero-order valence-corrected chi connectivity index (χ0v) is 15.0. The van der Waals surface area contributed by atoms with E-state index in [-0.39, 0.29) is 22.4 Å². The van der Waals surface area contributed by atoms with Crippen LogP contribution in [0.3, 0.4) is 0 Å². The molecule has 0 saturated heterocycles. The van der Waals surface area contributed by atoms with E-state index in [1.165, 1.54) is 42.7 Å². The first-order valence-electron chi connectivity index (χ1n) is 7.32. The highest BCUT2D eigenvalue weighted by molar-refractivity contribution is 7.98. The van der Waals surface area contributed by atoms with Gasteiger partial charge in [0.15, 0.2) is 16.7 Å². The molecule has 0 N–H and O–H groups in total. The predicted molar refractivity (Wildman–Crippen MR) is 95.1 cm³/mol. The number of aromatic nitrogens is 3. The molecule has 25 heavy (non-hydrogen) atoms. The average molecular weight is 361 g/mol. The number of thioether (sulfide) groups is 1. The first kappa shape index (κ1) is 17.2. The van der Waals surface area contributed by atoms with Crippen LogP contribution in [-0.4, -0.2) is 35.0 Å². The quantitative estimate of drug-likeness (QED) is 0.526. The Morgan fingerprint density at radius 3 is 2.56 bits per heavy atom. The van der Waals surface area contributed by atoms with Crippen LogP contribution in [-0.2, 0) is 7.05 Å². The minimum absolute atomic E-state index is 0.00507. The minimum atomic E-state index is -0.624. The Kier molecular flexibility index (Phi) is 4.63. The monoisotopic (exact) mass is 361 g/mol. The maximum absolute atomic E-state index is 14.7. The van der Waals surface area contributed by atoms with Crippen LogP contribution in [0.5, 0.6) is 11.5 Å². The minimum Gasteiger partial charge on any atom is -0.497 e. The summed E-state index contributed by atoms with van der Waals surface area (Å²) in [6.45, 7) is 0. The van der Waals surface area contributed by atoms with Gasteiger partial charge in [0.2, 0.25) is 0 Å². The molecule has 3 aromatic rings. The van der Waals surface area contributed by atoms with E-state index in [2.05, 4.69) is 9.97 Å². The predicted octanol–water partition coefficient (Wildman–Crippen LogP) is 2.87. The summed E-state index contributed by atoms with van der Waals surface area (Å²) in [7, 11) is 4.42. The third-order valence-corrected chi connectivity index (χ3v) is 4.43. The van der Waals surface area contributed by atoms with Crippen LogP contribution in [0.4, 0.5) is 4.39 Å². The van der Waals surface area contributed by atoms with Gasteiger partial charge in [-0.25, -0.2) is 14.4 Å². The summed E-state index contributed by atoms with van der Waals surface area (Å²) >= 11 is 1.38. The molecule has 0 saturated carbocycles. The number of methoxy groups -OCH3 is 2. The maximum Gasteiger partial charge on any atom is 0.259 e. The number of fused-ring (bicyclic) bond motifs is 1. The number of aryl methyl sites for hydroxylation is 1. The summed E-state index contributed by atoms with van der Waals surface area (Å²) in [5.74, 6) is -0.226. The van der Waals surface area contributed by atoms with Gasteiger partial charge >= 0.3 is 0 Å². The van der Waals surface area contributed by atoms with Crippen LogP contribution in [0.2, 0.25) is 0 Å². The fourth-order valence-corrected chi connectivity index (χ4v) is 2.89. The van der Waals surface area contributed by atoms with Crippen molar-refractivity contribution < 1.29 is 13.9 Å². The van der Waals surface area contributed by atoms with Crippen LogP contribution >= 0.6 is 11.8 Å². The molecule has 0 atom stereocenters. The summed E-state index contributed by atoms with van der Waals surface area (Å²) in [6.07, 6.45) is 3.47. The summed E-state index contributed by atoms with van der Waals surface area (Å²) in [6, 6.07) is 4.48. The van der Waals surface area contributed by atoms with Crippen LogP contribution in [0.15, 0.2) is 34.3 Å². The van der Waals surface area contributed by atoms with Crippen molar-refractivity contribution in [2.45, 2.75) is 5.16 Å². The number of pyridine rings is 1. The fourth-order valence-electron chi connectivity index (χ4n) is 2.56. The van der Waals surface area contributed by atoms with Gasteiger partial charge in [0, 0.05) is 30.3 Å². The molecule has 1 aromatic carbocycles. The van der Waals surface area contributed by atoms with E-state index >= 15 is 0 Å². The Labute approximate surface area is 147 Å². The van der Waals surface area contributed by atoms with Gasteiger partial charge in [-0.05, 0) is 18.4 Å². The second-order valence-electron chi connectivity index (χ2n) is 5.25. The van der Waals surface area contributed by atoms with Crippen molar-refractivity contribution in [1.29, 1.82) is 0 Å². The van der Waals surface area contributed by atoms with Gasteiger partial charge in [-0.2, -0.15) is 0 Å². The highest BCUT2D eigenvalue weighted by Gasteiger charge is 2.18. The van der Waals surface area contributed by atoms with Crippen LogP contribution in [0.1, 0.15) is 0 Å². The van der Waals surface area contributed by atoms with Crippen molar-refractivity contribution in [2.24, 2.45) is 7.05 Å². The molecule has 6 nitrogen and oxygen atoms in total. The highest BCUT2D eigenvalue weighted by atomic mass is 32.2. The van der Waals surface area contributed by atoms with Crippen molar-refractivity contribution in [3.8, 4) is 22.6 Å². The van der Waals surface area contributed by atoms with Crippen molar-refractivity contribution in [3.63, 3.8) is 0 Å². The van der Waals surface area contributed by atoms with E-state index in [0.29, 0.717) is 21.9 Å². The van der Waals surface area contributed by atoms with Crippen LogP contribution in [0, 0.1) is 5.82 Å². The third kappa shape index (κ3) is 2.93. The standard InChI is InChI=1S/C17H16FN3O3S/c1-21-15-9(8-19-17(20-15)25-4)5-12(16(21)22)11-6-10(23-2)7-13(24-3)14(11)18/h5-8H,1-4H3. The van der Waals surface area contributed by atoms with Gasteiger partial charge < -0.3 is 9.47 Å². The molecule has 8 heteroatoms. The zero-order chi connectivity index (χ0) is 18.1. The lowest BCUT2D eigenvalue weighted by Crippen LogP contribution is -2.20. The Balaban J connectivity index is 2.33. The summed E-state index contributed by atoms with van der Waals surface area (Å²) in [5, 5.41) is 1.19. The number of benzene rings is 1. The molecule has 0 radical (unpaired) electrons. The van der Waals surface area contributed by atoms with Gasteiger partial charge in [0.1, 0.15) is 11.4 Å². The summed E-state index contributed by atoms with van der Waals surface area (Å²) in [4.78, 5) is 21.3. The Morgan fingerprint density at radius 1 is 1.16 bits per heavy atom. The van der Waals surface area contributed by atoms with E-state index in [9.17, 15) is 9.18 Å². The third-order valence-electron chi connectivity index (χ3n) is 3.87. The topological polar surface area (TPSA) is 66.2 Å². The van der Waals surface area contributed by atoms with Crippen LogP contribution in [0.25, 0.3) is 22.2 Å². The summed E-state index contributed by atoms with van der Waals surface area (Å²) in [5.41, 5.74) is 0.411. The van der Waals surface area contributed by atoms with Crippen molar-refractivity contribution in [2.75, 3.05) is 20.5 Å². The smallest absolute Gasteiger partial charge is 0.259 e. The molecular formula is C17H16FN3O3S. The molecule has 3 rings (SSSR count). The zero-order valence-electron chi connectivity index (χ0n) is 14.2. The molecule has 2 heterocycles. The number of rotatable bonds is 4. The lowest BCUT2D eigenvalue weighted by Gasteiger charge is -2.12. The summed E-state index contributed by atoms with van der Waals surface area (Å²) < 4.78 is 26.4. The van der Waals surface area contributed by atoms with Crippen molar-refractivity contribution in [1.82, 2.24) is 14.5 Å². The molecule has 0 fully saturated rings. The molecule has 0 amide bonds. The van der Waals surface area contributed by atoms with E-state index in [1.54, 1.807) is 19.3 Å². The van der Waals surface area contributed by atoms with Gasteiger partial charge in [-0.3, -0.25) is 9.36 Å². The average Bonchev–Trinajstić information content (AvgIpc) is 2.64. The van der Waals surface area contributed by atoms with Crippen molar-refractivity contribution in [3.05, 3.63) is 40.6 Å². The maximum atomic E-state index is 14.7. The first-order valence-corrected chi connectivity index (χ1v) is 8.55.